The van der Waals surface area contributed by atoms with Gasteiger partial charge in [0.2, 0.25) is 0 Å². The molecule has 3 nitrogen and oxygen atoms in total. The maximum absolute atomic E-state index is 5.98. The summed E-state index contributed by atoms with van der Waals surface area (Å²) in [4.78, 5) is 2.38. The van der Waals surface area contributed by atoms with E-state index in [9.17, 15) is 0 Å². The number of rotatable bonds is 4. The first kappa shape index (κ1) is 11.0. The van der Waals surface area contributed by atoms with Gasteiger partial charge in [-0.25, -0.2) is 0 Å². The summed E-state index contributed by atoms with van der Waals surface area (Å²) in [5, 5.41) is 0. The molecule has 13 heavy (non-hydrogen) atoms. The molecule has 0 spiro atoms. The Morgan fingerprint density at radius 1 is 1.46 bits per heavy atom. The molecule has 0 aromatic carbocycles. The number of nitrogens with two attached hydrogens (primary N) is 1. The van der Waals surface area contributed by atoms with Crippen LogP contribution in [-0.4, -0.2) is 42.8 Å². The van der Waals surface area contributed by atoms with Crippen LogP contribution in [-0.2, 0) is 4.74 Å². The van der Waals surface area contributed by atoms with Gasteiger partial charge in [-0.15, -0.1) is 0 Å². The van der Waals surface area contributed by atoms with E-state index in [4.69, 9.17) is 10.5 Å². The van der Waals surface area contributed by atoms with Gasteiger partial charge in [-0.3, -0.25) is 4.90 Å². The molecule has 1 saturated heterocycles. The van der Waals surface area contributed by atoms with Crippen LogP contribution in [0.15, 0.2) is 0 Å². The van der Waals surface area contributed by atoms with Gasteiger partial charge in [0.15, 0.2) is 0 Å². The number of hydrogen-bond donors (Lipinski definition) is 1. The molecule has 0 saturated carbocycles. The zero-order chi connectivity index (χ0) is 9.84. The van der Waals surface area contributed by atoms with Crippen LogP contribution in [0, 0.1) is 0 Å². The summed E-state index contributed by atoms with van der Waals surface area (Å²) in [6.07, 6.45) is 1.33. The number of hydrogen-bond acceptors (Lipinski definition) is 3. The van der Waals surface area contributed by atoms with Gasteiger partial charge in [-0.2, -0.15) is 0 Å². The summed E-state index contributed by atoms with van der Waals surface area (Å²) in [5.41, 5.74) is 5.98. The first-order chi connectivity index (χ1) is 6.15. The largest absolute Gasteiger partial charge is 0.375 e. The van der Waals surface area contributed by atoms with Crippen LogP contribution in [0.2, 0.25) is 0 Å². The summed E-state index contributed by atoms with van der Waals surface area (Å²) in [7, 11) is 0. The molecule has 1 fully saturated rings. The number of likely N-dealkylation sites (tertiary alicyclic amines) is 1. The van der Waals surface area contributed by atoms with E-state index < -0.39 is 0 Å². The topological polar surface area (TPSA) is 38.5 Å². The van der Waals surface area contributed by atoms with E-state index in [1.165, 1.54) is 0 Å². The van der Waals surface area contributed by atoms with Crippen LogP contribution in [0.25, 0.3) is 0 Å². The molecule has 0 aliphatic carbocycles. The Morgan fingerprint density at radius 2 is 2.15 bits per heavy atom. The minimum atomic E-state index is 0.203. The summed E-state index contributed by atoms with van der Waals surface area (Å²) in [6.45, 7) is 9.35. The summed E-state index contributed by atoms with van der Waals surface area (Å²) in [6, 6.07) is 0.787. The van der Waals surface area contributed by atoms with Crippen molar-refractivity contribution in [2.24, 2.45) is 5.73 Å². The van der Waals surface area contributed by atoms with Crippen LogP contribution in [0.4, 0.5) is 0 Å². The molecule has 3 heteroatoms. The second-order valence-corrected chi connectivity index (χ2v) is 4.12. The third kappa shape index (κ3) is 2.93. The predicted octanol–water partition coefficient (Wildman–Crippen LogP) is 0.833. The minimum absolute atomic E-state index is 0.203. The van der Waals surface area contributed by atoms with Crippen LogP contribution in [0.1, 0.15) is 27.2 Å². The molecule has 1 aliphatic heterocycles. The quantitative estimate of drug-likeness (QED) is 0.707. The Bertz CT molecular complexity index is 150. The van der Waals surface area contributed by atoms with Gasteiger partial charge in [-0.05, 0) is 20.3 Å². The summed E-state index contributed by atoms with van der Waals surface area (Å²) in [5.74, 6) is 0. The predicted molar refractivity (Wildman–Crippen MR) is 54.7 cm³/mol. The van der Waals surface area contributed by atoms with Crippen molar-refractivity contribution in [2.45, 2.75) is 45.4 Å². The fourth-order valence-corrected chi connectivity index (χ4v) is 1.70. The first-order valence-electron chi connectivity index (χ1n) is 5.26. The molecule has 1 heterocycles. The van der Waals surface area contributed by atoms with Crippen molar-refractivity contribution in [1.82, 2.24) is 4.90 Å². The highest BCUT2D eigenvalue weighted by Gasteiger charge is 2.31. The maximum atomic E-state index is 5.98. The van der Waals surface area contributed by atoms with Crippen molar-refractivity contribution in [3.63, 3.8) is 0 Å². The second-order valence-electron chi connectivity index (χ2n) is 4.12. The van der Waals surface area contributed by atoms with E-state index in [2.05, 4.69) is 25.7 Å². The molecule has 2 N–H and O–H groups in total. The Kier molecular flexibility index (Phi) is 4.16. The molecule has 2 atom stereocenters. The smallest absolute Gasteiger partial charge is 0.0865 e. The van der Waals surface area contributed by atoms with Gasteiger partial charge in [0.1, 0.15) is 0 Å². The van der Waals surface area contributed by atoms with Gasteiger partial charge in [-0.1, -0.05) is 6.92 Å². The molecule has 0 aromatic rings. The van der Waals surface area contributed by atoms with Gasteiger partial charge in [0, 0.05) is 31.8 Å². The molecule has 78 valence electrons. The lowest BCUT2D eigenvalue weighted by molar-refractivity contribution is 0.0494. The average molecular weight is 186 g/mol. The summed E-state index contributed by atoms with van der Waals surface area (Å²) < 4.78 is 5.68. The monoisotopic (exact) mass is 186 g/mol. The average Bonchev–Trinajstić information content (AvgIpc) is 2.44. The van der Waals surface area contributed by atoms with E-state index in [1.54, 1.807) is 0 Å². The lowest BCUT2D eigenvalue weighted by Crippen LogP contribution is -2.35. The van der Waals surface area contributed by atoms with E-state index in [0.29, 0.717) is 6.04 Å². The summed E-state index contributed by atoms with van der Waals surface area (Å²) >= 11 is 0. The molecule has 0 radical (unpaired) electrons. The van der Waals surface area contributed by atoms with Crippen LogP contribution < -0.4 is 5.73 Å². The third-order valence-electron chi connectivity index (χ3n) is 2.60. The van der Waals surface area contributed by atoms with Gasteiger partial charge in [0.05, 0.1) is 6.10 Å². The van der Waals surface area contributed by atoms with Crippen molar-refractivity contribution in [1.29, 1.82) is 0 Å². The molecule has 0 aromatic heterocycles. The van der Waals surface area contributed by atoms with Crippen molar-refractivity contribution in [2.75, 3.05) is 19.7 Å². The van der Waals surface area contributed by atoms with Crippen LogP contribution in [0.5, 0.6) is 0 Å². The Hall–Kier alpha value is -0.120. The van der Waals surface area contributed by atoms with Gasteiger partial charge in [0.25, 0.3) is 0 Å². The highest BCUT2D eigenvalue weighted by molar-refractivity contribution is 4.89. The molecule has 1 rings (SSSR count). The van der Waals surface area contributed by atoms with Crippen LogP contribution in [0.3, 0.4) is 0 Å². The highest BCUT2D eigenvalue weighted by atomic mass is 16.5. The number of ether oxygens (including phenoxy) is 1. The van der Waals surface area contributed by atoms with E-state index in [-0.39, 0.29) is 12.1 Å². The van der Waals surface area contributed by atoms with Crippen molar-refractivity contribution in [3.05, 3.63) is 0 Å². The fraction of sp³-hybridized carbons (Fsp3) is 1.00. The highest BCUT2D eigenvalue weighted by Crippen LogP contribution is 2.14. The molecule has 0 bridgehead atoms. The van der Waals surface area contributed by atoms with Gasteiger partial charge >= 0.3 is 0 Å². The number of nitrogens with zero attached hydrogens (tertiary/aromatic N) is 1. The van der Waals surface area contributed by atoms with Gasteiger partial charge < -0.3 is 10.5 Å². The SMILES string of the molecule is CCCOC1CN(C(C)C)CC1N. The third-order valence-corrected chi connectivity index (χ3v) is 2.60. The van der Waals surface area contributed by atoms with E-state index in [1.807, 2.05) is 0 Å². The second kappa shape index (κ2) is 4.94. The van der Waals surface area contributed by atoms with Crippen molar-refractivity contribution >= 4 is 0 Å². The standard InChI is InChI=1S/C10H22N2O/c1-4-5-13-10-7-12(8(2)3)6-9(10)11/h8-10H,4-7,11H2,1-3H3. The Balaban J connectivity index is 2.33. The van der Waals surface area contributed by atoms with Crippen LogP contribution >= 0.6 is 0 Å². The minimum Gasteiger partial charge on any atom is -0.375 e. The zero-order valence-electron chi connectivity index (χ0n) is 8.99. The maximum Gasteiger partial charge on any atom is 0.0865 e. The molecule has 0 amide bonds. The lowest BCUT2D eigenvalue weighted by atomic mass is 10.2. The molecule has 2 unspecified atom stereocenters. The lowest BCUT2D eigenvalue weighted by Gasteiger charge is -2.19. The molecule has 1 aliphatic rings. The zero-order valence-corrected chi connectivity index (χ0v) is 8.99. The Labute approximate surface area is 81.2 Å². The molecular weight excluding hydrogens is 164 g/mol. The fourth-order valence-electron chi connectivity index (χ4n) is 1.70. The van der Waals surface area contributed by atoms with Crippen molar-refractivity contribution in [3.8, 4) is 0 Å². The Morgan fingerprint density at radius 3 is 2.62 bits per heavy atom. The van der Waals surface area contributed by atoms with Crippen molar-refractivity contribution < 1.29 is 4.74 Å². The first-order valence-corrected chi connectivity index (χ1v) is 5.26. The normalized spacial score (nSPS) is 30.2. The van der Waals surface area contributed by atoms with E-state index in [0.717, 1.165) is 26.1 Å². The van der Waals surface area contributed by atoms with E-state index >= 15 is 0 Å². The molecular formula is C10H22N2O.